The zero-order valence-corrected chi connectivity index (χ0v) is 22.1. The molecule has 0 fully saturated rings. The van der Waals surface area contributed by atoms with Crippen LogP contribution in [-0.4, -0.2) is 36.4 Å². The Hall–Kier alpha value is -4.33. The number of alkyl halides is 3. The molecule has 1 aromatic heterocycles. The lowest BCUT2D eigenvalue weighted by Crippen LogP contribution is -2.25. The fourth-order valence-corrected chi connectivity index (χ4v) is 5.02. The zero-order chi connectivity index (χ0) is 29.1. The molecule has 40 heavy (non-hydrogen) atoms. The number of rotatable bonds is 9. The van der Waals surface area contributed by atoms with E-state index in [1.807, 2.05) is 30.3 Å². The number of hydrogen-bond acceptors (Lipinski definition) is 7. The van der Waals surface area contributed by atoms with Crippen molar-refractivity contribution in [2.75, 3.05) is 5.32 Å². The smallest absolute Gasteiger partial charge is 0.431 e. The summed E-state index contributed by atoms with van der Waals surface area (Å²) >= 11 is 0.670. The summed E-state index contributed by atoms with van der Waals surface area (Å²) in [6.07, 6.45) is -5.41. The van der Waals surface area contributed by atoms with Crippen molar-refractivity contribution in [1.82, 2.24) is 4.98 Å². The van der Waals surface area contributed by atoms with Crippen molar-refractivity contribution < 1.29 is 31.5 Å². The molecule has 0 spiro atoms. The molecule has 0 radical (unpaired) electrons. The van der Waals surface area contributed by atoms with E-state index in [0.717, 1.165) is 10.9 Å². The number of nitrogens with one attached hydrogen (secondary N) is 2. The highest BCUT2D eigenvalue weighted by atomic mass is 32.2. The highest BCUT2D eigenvalue weighted by molar-refractivity contribution is 7.89. The number of aromatic nitrogens is 1. The molecular weight excluding hydrogens is 565 g/mol. The van der Waals surface area contributed by atoms with Crippen LogP contribution in [0, 0.1) is 5.41 Å². The van der Waals surface area contributed by atoms with Gasteiger partial charge in [0.25, 0.3) is 0 Å². The highest BCUT2D eigenvalue weighted by Crippen LogP contribution is 2.34. The standard InChI is InChI=1S/C27H21F3N4O4S2/c28-27(29,30)24(34-26-33-22(15-39-26)25(35)36)21(13-16-9-11-20(12-10-16)40(32,37)38)23(31)19-8-4-7-18(14-19)17-5-2-1-3-6-17/h1-12,14-15,31H,13H2,(H,33,34)(H,35,36)(H2,32,37,38)/b24-21-,31-23?. The lowest BCUT2D eigenvalue weighted by atomic mass is 9.92. The van der Waals surface area contributed by atoms with Crippen LogP contribution < -0.4 is 10.5 Å². The summed E-state index contributed by atoms with van der Waals surface area (Å²) in [5.41, 5.74) is -0.668. The Kier molecular flexibility index (Phi) is 8.18. The van der Waals surface area contributed by atoms with Crippen LogP contribution in [0.1, 0.15) is 21.6 Å². The molecule has 0 aliphatic carbocycles. The quantitative estimate of drug-likeness (QED) is 0.185. The van der Waals surface area contributed by atoms with Gasteiger partial charge in [0, 0.05) is 22.9 Å². The van der Waals surface area contributed by atoms with Crippen molar-refractivity contribution >= 4 is 38.2 Å². The van der Waals surface area contributed by atoms with E-state index in [-0.39, 0.29) is 21.2 Å². The van der Waals surface area contributed by atoms with Gasteiger partial charge in [0.1, 0.15) is 5.70 Å². The van der Waals surface area contributed by atoms with Gasteiger partial charge < -0.3 is 10.4 Å². The number of carboxylic acid groups (broad SMARTS) is 1. The van der Waals surface area contributed by atoms with Crippen molar-refractivity contribution in [3.8, 4) is 11.1 Å². The SMILES string of the molecule is N=C(/C(Cc1ccc(S(N)(=O)=O)cc1)=C(\Nc1nc(C(=O)O)cs1)C(F)(F)F)c1cccc(-c2ccccc2)c1. The zero-order valence-electron chi connectivity index (χ0n) is 20.4. The van der Waals surface area contributed by atoms with Crippen LogP contribution in [0.15, 0.2) is 100 Å². The minimum absolute atomic E-state index is 0.200. The highest BCUT2D eigenvalue weighted by Gasteiger charge is 2.38. The molecule has 0 saturated carbocycles. The number of anilines is 1. The van der Waals surface area contributed by atoms with Crippen molar-refractivity contribution in [3.05, 3.63) is 112 Å². The first-order valence-electron chi connectivity index (χ1n) is 11.5. The van der Waals surface area contributed by atoms with Gasteiger partial charge in [0.15, 0.2) is 10.8 Å². The molecule has 8 nitrogen and oxygen atoms in total. The molecule has 4 aromatic rings. The van der Waals surface area contributed by atoms with E-state index in [9.17, 15) is 26.4 Å². The fraction of sp³-hybridized carbons (Fsp3) is 0.0741. The monoisotopic (exact) mass is 586 g/mol. The van der Waals surface area contributed by atoms with Crippen molar-refractivity contribution in [2.24, 2.45) is 5.14 Å². The van der Waals surface area contributed by atoms with Crippen LogP contribution >= 0.6 is 11.3 Å². The topological polar surface area (TPSA) is 146 Å². The average Bonchev–Trinajstić information content (AvgIpc) is 3.39. The van der Waals surface area contributed by atoms with E-state index in [0.29, 0.717) is 16.9 Å². The van der Waals surface area contributed by atoms with Gasteiger partial charge in [-0.25, -0.2) is 23.3 Å². The second-order valence-electron chi connectivity index (χ2n) is 8.51. The fourth-order valence-electron chi connectivity index (χ4n) is 3.82. The van der Waals surface area contributed by atoms with Gasteiger partial charge in [-0.3, -0.25) is 5.41 Å². The Morgan fingerprint density at radius 1 is 1.00 bits per heavy atom. The van der Waals surface area contributed by atoms with E-state index in [4.69, 9.17) is 15.7 Å². The molecule has 0 aliphatic heterocycles. The maximum atomic E-state index is 14.5. The number of primary sulfonamides is 1. The Balaban J connectivity index is 1.84. The van der Waals surface area contributed by atoms with E-state index >= 15 is 0 Å². The summed E-state index contributed by atoms with van der Waals surface area (Å²) in [5.74, 6) is -1.40. The largest absolute Gasteiger partial charge is 0.476 e. The number of nitrogens with zero attached hydrogens (tertiary/aromatic N) is 1. The number of carbonyl (C=O) groups is 1. The molecule has 0 atom stereocenters. The third-order valence-corrected chi connectivity index (χ3v) is 7.42. The van der Waals surface area contributed by atoms with Gasteiger partial charge in [-0.2, -0.15) is 13.2 Å². The molecule has 13 heteroatoms. The summed E-state index contributed by atoms with van der Waals surface area (Å²) in [4.78, 5) is 14.7. The van der Waals surface area contributed by atoms with Crippen molar-refractivity contribution in [1.29, 1.82) is 5.41 Å². The molecule has 3 aromatic carbocycles. The molecule has 0 bridgehead atoms. The summed E-state index contributed by atoms with van der Waals surface area (Å²) in [6, 6.07) is 20.6. The van der Waals surface area contributed by atoms with E-state index < -0.39 is 51.3 Å². The molecule has 0 amide bonds. The molecule has 0 saturated heterocycles. The molecule has 0 aliphatic rings. The van der Waals surface area contributed by atoms with E-state index in [1.54, 1.807) is 18.2 Å². The summed E-state index contributed by atoms with van der Waals surface area (Å²) in [5, 5.41) is 26.1. The Morgan fingerprint density at radius 2 is 1.65 bits per heavy atom. The Morgan fingerprint density at radius 3 is 2.23 bits per heavy atom. The molecule has 5 N–H and O–H groups in total. The third-order valence-electron chi connectivity index (χ3n) is 5.73. The van der Waals surface area contributed by atoms with Crippen LogP contribution in [0.5, 0.6) is 0 Å². The molecule has 206 valence electrons. The van der Waals surface area contributed by atoms with Crippen molar-refractivity contribution in [3.63, 3.8) is 0 Å². The van der Waals surface area contributed by atoms with Gasteiger partial charge in [-0.1, -0.05) is 60.7 Å². The second-order valence-corrected chi connectivity index (χ2v) is 10.9. The number of hydrogen-bond donors (Lipinski definition) is 4. The lowest BCUT2D eigenvalue weighted by molar-refractivity contribution is -0.0908. The molecule has 4 rings (SSSR count). The average molecular weight is 587 g/mol. The maximum Gasteiger partial charge on any atom is 0.431 e. The van der Waals surface area contributed by atoms with Crippen LogP contribution in [0.3, 0.4) is 0 Å². The first-order chi connectivity index (χ1) is 18.8. The predicted molar refractivity (Wildman–Crippen MR) is 146 cm³/mol. The number of halogens is 3. The van der Waals surface area contributed by atoms with Crippen LogP contribution in [0.25, 0.3) is 11.1 Å². The van der Waals surface area contributed by atoms with Crippen LogP contribution in [0.4, 0.5) is 18.3 Å². The van der Waals surface area contributed by atoms with Gasteiger partial charge >= 0.3 is 12.1 Å². The Labute approximate surface area is 231 Å². The minimum Gasteiger partial charge on any atom is -0.476 e. The van der Waals surface area contributed by atoms with Crippen LogP contribution in [0.2, 0.25) is 0 Å². The summed E-state index contributed by atoms with van der Waals surface area (Å²) in [6.45, 7) is 0. The normalized spacial score (nSPS) is 12.5. The predicted octanol–water partition coefficient (Wildman–Crippen LogP) is 5.69. The first kappa shape index (κ1) is 28.7. The molecular formula is C27H21F3N4O4S2. The van der Waals surface area contributed by atoms with Crippen LogP contribution in [-0.2, 0) is 16.4 Å². The Bertz CT molecular complexity index is 1700. The number of nitrogens with two attached hydrogens (primary N) is 1. The number of benzene rings is 3. The van der Waals surface area contributed by atoms with Gasteiger partial charge in [0.05, 0.1) is 10.6 Å². The van der Waals surface area contributed by atoms with Gasteiger partial charge in [-0.15, -0.1) is 11.3 Å². The molecule has 1 heterocycles. The summed E-state index contributed by atoms with van der Waals surface area (Å²) in [7, 11) is -4.02. The number of sulfonamides is 1. The summed E-state index contributed by atoms with van der Waals surface area (Å²) < 4.78 is 66.8. The third kappa shape index (κ3) is 6.81. The lowest BCUT2D eigenvalue weighted by Gasteiger charge is -2.20. The second kappa shape index (κ2) is 11.4. The first-order valence-corrected chi connectivity index (χ1v) is 13.9. The minimum atomic E-state index is -4.99. The number of carboxylic acids is 1. The maximum absolute atomic E-state index is 14.5. The van der Waals surface area contributed by atoms with E-state index in [2.05, 4.69) is 10.3 Å². The van der Waals surface area contributed by atoms with E-state index in [1.165, 1.54) is 30.3 Å². The molecule has 0 unspecified atom stereocenters. The van der Waals surface area contributed by atoms with Crippen molar-refractivity contribution in [2.45, 2.75) is 17.5 Å². The van der Waals surface area contributed by atoms with Gasteiger partial charge in [0.2, 0.25) is 10.0 Å². The number of allylic oxidation sites excluding steroid dienone is 2. The number of aromatic carboxylic acids is 1. The van der Waals surface area contributed by atoms with Gasteiger partial charge in [-0.05, 0) is 34.9 Å². The number of thiazole rings is 1.